The molecule has 0 spiro atoms. The first-order chi connectivity index (χ1) is 28.4. The highest BCUT2D eigenvalue weighted by molar-refractivity contribution is 5.47. The fourth-order valence-corrected chi connectivity index (χ4v) is 6.53. The Balaban J connectivity index is 1.03. The third kappa shape index (κ3) is 22.9. The second-order valence-electron chi connectivity index (χ2n) is 14.1. The molecule has 9 heteroatoms. The topological polar surface area (TPSA) is 83.1 Å². The molecule has 0 saturated carbocycles. The number of rotatable bonds is 40. The van der Waals surface area contributed by atoms with Crippen LogP contribution >= 0.6 is 0 Å². The molecule has 0 heterocycles. The predicted molar refractivity (Wildman–Crippen MR) is 228 cm³/mol. The Labute approximate surface area is 345 Å². The van der Waals surface area contributed by atoms with Crippen molar-refractivity contribution in [1.29, 1.82) is 0 Å². The van der Waals surface area contributed by atoms with Crippen molar-refractivity contribution < 1.29 is 42.6 Å². The van der Waals surface area contributed by atoms with E-state index in [0.29, 0.717) is 106 Å². The average molecular weight is 795 g/mol. The molecule has 0 amide bonds. The smallest absolute Gasteiger partial charge is 0.143 e. The van der Waals surface area contributed by atoms with Crippen molar-refractivity contribution in [2.75, 3.05) is 112 Å². The molecular formula is C48H74O9. The van der Waals surface area contributed by atoms with Crippen molar-refractivity contribution >= 4 is 0 Å². The molecule has 0 saturated heterocycles. The Morgan fingerprint density at radius 1 is 0.281 bits per heavy atom. The molecule has 9 nitrogen and oxygen atoms in total. The highest BCUT2D eigenvalue weighted by Crippen LogP contribution is 2.40. The van der Waals surface area contributed by atoms with E-state index in [1.54, 1.807) is 0 Å². The predicted octanol–water partition coefficient (Wildman–Crippen LogP) is 9.44. The van der Waals surface area contributed by atoms with Gasteiger partial charge in [0.1, 0.15) is 5.60 Å². The van der Waals surface area contributed by atoms with Crippen LogP contribution in [0.25, 0.3) is 0 Å². The van der Waals surface area contributed by atoms with E-state index in [-0.39, 0.29) is 0 Å². The van der Waals surface area contributed by atoms with Gasteiger partial charge < -0.3 is 42.6 Å². The standard InChI is InChI=1S/C48H74O9/c1-2-3-4-5-6-7-8-9-10-11-21-28-49-29-30-50-31-32-51-33-34-52-35-36-53-37-38-54-39-40-55-41-42-56-43-44-57-48(45-22-15-12-16-23-45,46-24-17-13-18-25-46)47-26-19-14-20-27-47/h12-20,22-27H,2-11,21,28-44H2,1H3. The number of benzene rings is 3. The van der Waals surface area contributed by atoms with E-state index in [1.807, 2.05) is 18.2 Å². The van der Waals surface area contributed by atoms with Gasteiger partial charge in [-0.25, -0.2) is 0 Å². The third-order valence-corrected chi connectivity index (χ3v) is 9.58. The minimum atomic E-state index is -0.746. The zero-order valence-corrected chi connectivity index (χ0v) is 35.1. The molecule has 3 aromatic rings. The van der Waals surface area contributed by atoms with Crippen LogP contribution < -0.4 is 0 Å². The Hall–Kier alpha value is -2.70. The van der Waals surface area contributed by atoms with E-state index in [9.17, 15) is 0 Å². The maximum absolute atomic E-state index is 6.74. The summed E-state index contributed by atoms with van der Waals surface area (Å²) in [6.07, 6.45) is 14.9. The number of unbranched alkanes of at least 4 members (excludes halogenated alkanes) is 10. The van der Waals surface area contributed by atoms with Gasteiger partial charge in [0.05, 0.1) is 106 Å². The second-order valence-corrected chi connectivity index (χ2v) is 14.1. The van der Waals surface area contributed by atoms with Gasteiger partial charge in [0.2, 0.25) is 0 Å². The fraction of sp³-hybridized carbons (Fsp3) is 0.625. The van der Waals surface area contributed by atoms with E-state index in [4.69, 9.17) is 42.6 Å². The average Bonchev–Trinajstić information content (AvgIpc) is 3.26. The molecule has 0 aliphatic heterocycles. The van der Waals surface area contributed by atoms with Crippen LogP contribution in [0.1, 0.15) is 94.2 Å². The van der Waals surface area contributed by atoms with Gasteiger partial charge in [-0.2, -0.15) is 0 Å². The van der Waals surface area contributed by atoms with Gasteiger partial charge in [0, 0.05) is 6.61 Å². The Morgan fingerprint density at radius 3 is 0.825 bits per heavy atom. The lowest BCUT2D eigenvalue weighted by Gasteiger charge is -2.36. The number of hydrogen-bond acceptors (Lipinski definition) is 9. The maximum atomic E-state index is 6.74. The minimum absolute atomic E-state index is 0.423. The van der Waals surface area contributed by atoms with Crippen LogP contribution in [-0.4, -0.2) is 112 Å². The zero-order chi connectivity index (χ0) is 40.0. The summed E-state index contributed by atoms with van der Waals surface area (Å²) in [4.78, 5) is 0. The molecule has 0 fully saturated rings. The molecule has 0 aromatic heterocycles. The van der Waals surface area contributed by atoms with Crippen LogP contribution in [0, 0.1) is 0 Å². The van der Waals surface area contributed by atoms with Crippen LogP contribution in [0.5, 0.6) is 0 Å². The summed E-state index contributed by atoms with van der Waals surface area (Å²) >= 11 is 0. The van der Waals surface area contributed by atoms with E-state index in [2.05, 4.69) is 79.7 Å². The highest BCUT2D eigenvalue weighted by atomic mass is 16.6. The molecule has 0 aliphatic rings. The van der Waals surface area contributed by atoms with Crippen LogP contribution in [0.4, 0.5) is 0 Å². The Kier molecular flexibility index (Phi) is 30.1. The van der Waals surface area contributed by atoms with E-state index in [1.165, 1.54) is 64.2 Å². The molecule has 3 rings (SSSR count). The number of ether oxygens (including phenoxy) is 9. The van der Waals surface area contributed by atoms with Gasteiger partial charge in [0.15, 0.2) is 0 Å². The summed E-state index contributed by atoms with van der Waals surface area (Å²) < 4.78 is 51.8. The van der Waals surface area contributed by atoms with Crippen molar-refractivity contribution in [3.8, 4) is 0 Å². The molecule has 0 bridgehead atoms. The molecule has 0 N–H and O–H groups in total. The summed E-state index contributed by atoms with van der Waals surface area (Å²) in [7, 11) is 0. The highest BCUT2D eigenvalue weighted by Gasteiger charge is 2.37. The zero-order valence-electron chi connectivity index (χ0n) is 35.1. The van der Waals surface area contributed by atoms with Gasteiger partial charge in [-0.05, 0) is 23.1 Å². The lowest BCUT2D eigenvalue weighted by molar-refractivity contribution is -0.0398. The monoisotopic (exact) mass is 795 g/mol. The van der Waals surface area contributed by atoms with Crippen molar-refractivity contribution in [3.05, 3.63) is 108 Å². The number of hydrogen-bond donors (Lipinski definition) is 0. The summed E-state index contributed by atoms with van der Waals surface area (Å²) in [6, 6.07) is 31.1. The fourth-order valence-electron chi connectivity index (χ4n) is 6.53. The van der Waals surface area contributed by atoms with E-state index < -0.39 is 5.60 Å². The third-order valence-electron chi connectivity index (χ3n) is 9.58. The molecule has 0 radical (unpaired) electrons. The maximum Gasteiger partial charge on any atom is 0.143 e. The SMILES string of the molecule is CCCCCCCCCCCCCOCCOCCOCCOCCOCCOCCOCCOCCOC(c1ccccc1)(c1ccccc1)c1ccccc1. The van der Waals surface area contributed by atoms with Crippen LogP contribution in [0.2, 0.25) is 0 Å². The van der Waals surface area contributed by atoms with Crippen molar-refractivity contribution in [2.45, 2.75) is 83.2 Å². The molecule has 0 unspecified atom stereocenters. The van der Waals surface area contributed by atoms with Gasteiger partial charge in [-0.3, -0.25) is 0 Å². The van der Waals surface area contributed by atoms with Crippen LogP contribution in [0.3, 0.4) is 0 Å². The van der Waals surface area contributed by atoms with Crippen molar-refractivity contribution in [1.82, 2.24) is 0 Å². The van der Waals surface area contributed by atoms with E-state index in [0.717, 1.165) is 29.7 Å². The summed E-state index contributed by atoms with van der Waals surface area (Å²) in [5.74, 6) is 0. The summed E-state index contributed by atoms with van der Waals surface area (Å²) in [5.41, 5.74) is 2.47. The molecule has 0 atom stereocenters. The first kappa shape index (κ1) is 48.7. The first-order valence-electron chi connectivity index (χ1n) is 21.8. The Bertz CT molecular complexity index is 1170. The summed E-state index contributed by atoms with van der Waals surface area (Å²) in [6.45, 7) is 11.5. The molecule has 3 aromatic carbocycles. The second kappa shape index (κ2) is 35.3. The Morgan fingerprint density at radius 2 is 0.526 bits per heavy atom. The van der Waals surface area contributed by atoms with Gasteiger partial charge in [-0.15, -0.1) is 0 Å². The lowest BCUT2D eigenvalue weighted by Crippen LogP contribution is -2.34. The van der Waals surface area contributed by atoms with Crippen molar-refractivity contribution in [2.24, 2.45) is 0 Å². The lowest BCUT2D eigenvalue weighted by atomic mass is 9.80. The molecule has 57 heavy (non-hydrogen) atoms. The largest absolute Gasteiger partial charge is 0.379 e. The molecule has 0 aliphatic carbocycles. The van der Waals surface area contributed by atoms with Gasteiger partial charge >= 0.3 is 0 Å². The van der Waals surface area contributed by atoms with Crippen LogP contribution in [0.15, 0.2) is 91.0 Å². The molecular weight excluding hydrogens is 721 g/mol. The normalized spacial score (nSPS) is 11.7. The van der Waals surface area contributed by atoms with Crippen LogP contribution in [-0.2, 0) is 48.2 Å². The van der Waals surface area contributed by atoms with Gasteiger partial charge in [-0.1, -0.05) is 162 Å². The summed E-state index contributed by atoms with van der Waals surface area (Å²) in [5, 5.41) is 0. The molecule has 320 valence electrons. The first-order valence-corrected chi connectivity index (χ1v) is 21.8. The minimum Gasteiger partial charge on any atom is -0.379 e. The quantitative estimate of drug-likeness (QED) is 0.0413. The van der Waals surface area contributed by atoms with Gasteiger partial charge in [0.25, 0.3) is 0 Å². The van der Waals surface area contributed by atoms with Crippen molar-refractivity contribution in [3.63, 3.8) is 0 Å². The van der Waals surface area contributed by atoms with E-state index >= 15 is 0 Å².